The number of aryl methyl sites for hydroxylation is 1. The Kier molecular flexibility index (Phi) is 7.06. The minimum absolute atomic E-state index is 0.188. The number of imidazole rings is 1. The lowest BCUT2D eigenvalue weighted by atomic mass is 9.92. The van der Waals surface area contributed by atoms with Crippen LogP contribution < -0.4 is 14.9 Å². The molecule has 41 heavy (non-hydrogen) atoms. The summed E-state index contributed by atoms with van der Waals surface area (Å²) < 4.78 is 53.7. The van der Waals surface area contributed by atoms with E-state index in [0.29, 0.717) is 22.5 Å². The normalized spacial score (nSPS) is 20.8. The number of primary sulfonamides is 1. The number of nitrogens with two attached hydrogens (primary N) is 1. The summed E-state index contributed by atoms with van der Waals surface area (Å²) in [6.07, 6.45) is 7.96. The molecule has 1 aromatic carbocycles. The topological polar surface area (TPSA) is 118 Å². The van der Waals surface area contributed by atoms with E-state index in [9.17, 15) is 22.3 Å². The van der Waals surface area contributed by atoms with Gasteiger partial charge in [0.15, 0.2) is 0 Å². The molecule has 2 saturated heterocycles. The lowest BCUT2D eigenvalue weighted by molar-refractivity contribution is -0.0221. The lowest BCUT2D eigenvalue weighted by Crippen LogP contribution is -2.39. The van der Waals surface area contributed by atoms with Crippen molar-refractivity contribution in [3.63, 3.8) is 0 Å². The number of aliphatic hydroxyl groups excluding tert-OH is 1. The second-order valence-corrected chi connectivity index (χ2v) is 13.6. The van der Waals surface area contributed by atoms with Crippen molar-refractivity contribution in [2.75, 3.05) is 42.6 Å². The molecule has 2 aliphatic heterocycles. The van der Waals surface area contributed by atoms with Crippen molar-refractivity contribution in [2.24, 2.45) is 10.6 Å². The quantitative estimate of drug-likeness (QED) is 0.427. The van der Waals surface area contributed by atoms with Crippen molar-refractivity contribution < 1.29 is 22.3 Å². The van der Waals surface area contributed by atoms with Gasteiger partial charge < -0.3 is 19.5 Å². The third-order valence-electron chi connectivity index (χ3n) is 8.98. The van der Waals surface area contributed by atoms with Gasteiger partial charge in [-0.2, -0.15) is 0 Å². The van der Waals surface area contributed by atoms with Crippen molar-refractivity contribution in [2.45, 2.75) is 56.6 Å². The van der Waals surface area contributed by atoms with Gasteiger partial charge >= 0.3 is 0 Å². The van der Waals surface area contributed by atoms with E-state index in [-0.39, 0.29) is 25.9 Å². The van der Waals surface area contributed by atoms with Crippen LogP contribution in [0.1, 0.15) is 55.0 Å². The van der Waals surface area contributed by atoms with Gasteiger partial charge in [-0.3, -0.25) is 0 Å². The van der Waals surface area contributed by atoms with Gasteiger partial charge in [-0.05, 0) is 55.7 Å². The van der Waals surface area contributed by atoms with Crippen LogP contribution in [-0.4, -0.2) is 66.8 Å². The van der Waals surface area contributed by atoms with Crippen LogP contribution in [0.5, 0.6) is 0 Å². The molecule has 3 N–H and O–H groups in total. The molecule has 1 aliphatic carbocycles. The van der Waals surface area contributed by atoms with E-state index in [1.807, 2.05) is 46.9 Å². The van der Waals surface area contributed by atoms with Gasteiger partial charge in [0.2, 0.25) is 10.0 Å². The molecule has 1 atom stereocenters. The van der Waals surface area contributed by atoms with E-state index in [1.54, 1.807) is 12.4 Å². The smallest absolute Gasteiger partial charge is 0.251 e. The predicted octanol–water partition coefficient (Wildman–Crippen LogP) is 4.18. The minimum atomic E-state index is -4.00. The molecule has 3 fully saturated rings. The van der Waals surface area contributed by atoms with Gasteiger partial charge in [0.25, 0.3) is 5.92 Å². The SMILES string of the molecule is Cc1cc(-n2cnc(-c3ccc(C(CO)S(N)(=O)=O)cc3N3CCC4(CC3)CC4)c2)cc(N2CCC(F)(F)CC2)n1. The molecule has 0 amide bonds. The number of hydrogen-bond acceptors (Lipinski definition) is 7. The summed E-state index contributed by atoms with van der Waals surface area (Å²) in [5.74, 6) is -1.97. The zero-order valence-electron chi connectivity index (χ0n) is 23.1. The Balaban J connectivity index is 1.33. The number of rotatable bonds is 7. The molecule has 12 heteroatoms. The number of alkyl halides is 2. The number of anilines is 2. The molecule has 3 aromatic rings. The second-order valence-electron chi connectivity index (χ2n) is 11.9. The number of hydrogen-bond donors (Lipinski definition) is 2. The first kappa shape index (κ1) is 28.0. The van der Waals surface area contributed by atoms with Crippen molar-refractivity contribution in [3.05, 3.63) is 54.1 Å². The average Bonchev–Trinajstić information content (AvgIpc) is 3.48. The third-order valence-corrected chi connectivity index (χ3v) is 10.2. The van der Waals surface area contributed by atoms with E-state index in [4.69, 9.17) is 10.1 Å². The summed E-state index contributed by atoms with van der Waals surface area (Å²) >= 11 is 0. The van der Waals surface area contributed by atoms with Crippen molar-refractivity contribution >= 4 is 21.5 Å². The highest BCUT2D eigenvalue weighted by atomic mass is 32.2. The van der Waals surface area contributed by atoms with E-state index in [0.717, 1.165) is 48.6 Å². The largest absolute Gasteiger partial charge is 0.395 e. The first-order valence-corrected chi connectivity index (χ1v) is 15.7. The van der Waals surface area contributed by atoms with Crippen LogP contribution in [0.4, 0.5) is 20.3 Å². The van der Waals surface area contributed by atoms with Crippen LogP contribution in [0.25, 0.3) is 16.9 Å². The molecular formula is C29H36F2N6O3S. The Morgan fingerprint density at radius 1 is 1.00 bits per heavy atom. The molecule has 1 saturated carbocycles. The van der Waals surface area contributed by atoms with Gasteiger partial charge in [-0.15, -0.1) is 0 Å². The van der Waals surface area contributed by atoms with Crippen LogP contribution in [0, 0.1) is 12.3 Å². The molecule has 4 heterocycles. The monoisotopic (exact) mass is 586 g/mol. The number of aliphatic hydroxyl groups is 1. The summed E-state index contributed by atoms with van der Waals surface area (Å²) in [5, 5.41) is 14.1. The van der Waals surface area contributed by atoms with Crippen LogP contribution in [-0.2, 0) is 10.0 Å². The Hall–Kier alpha value is -3.09. The first-order chi connectivity index (χ1) is 19.5. The zero-order chi connectivity index (χ0) is 29.0. The zero-order valence-corrected chi connectivity index (χ0v) is 24.0. The van der Waals surface area contributed by atoms with E-state index in [1.165, 1.54) is 12.8 Å². The van der Waals surface area contributed by atoms with Crippen molar-refractivity contribution in [1.29, 1.82) is 0 Å². The number of halogens is 2. The molecule has 9 nitrogen and oxygen atoms in total. The molecule has 0 bridgehead atoms. The number of nitrogens with zero attached hydrogens (tertiary/aromatic N) is 5. The molecule has 6 rings (SSSR count). The number of sulfonamides is 1. The van der Waals surface area contributed by atoms with Gasteiger partial charge in [0.05, 0.1) is 24.3 Å². The Labute approximate surface area is 239 Å². The molecule has 0 radical (unpaired) electrons. The summed E-state index contributed by atoms with van der Waals surface area (Å²) in [4.78, 5) is 13.5. The van der Waals surface area contributed by atoms with Crippen LogP contribution >= 0.6 is 0 Å². The molecule has 220 valence electrons. The molecule has 1 spiro atoms. The maximum atomic E-state index is 13.7. The van der Waals surface area contributed by atoms with E-state index >= 15 is 0 Å². The standard InChI is InChI=1S/C29H36F2N6O3S/c1-20-14-22(16-27(34-20)36-12-8-29(30,31)9-13-36)37-17-24(33-19-37)23-3-2-21(26(18-38)41(32,39)40)15-25(23)35-10-6-28(4-5-28)7-11-35/h2-3,14-17,19,26,38H,4-13,18H2,1H3,(H2,32,39,40). The first-order valence-electron chi connectivity index (χ1n) is 14.1. The van der Waals surface area contributed by atoms with E-state index in [2.05, 4.69) is 9.88 Å². The fourth-order valence-electron chi connectivity index (χ4n) is 6.14. The van der Waals surface area contributed by atoms with Crippen molar-refractivity contribution in [1.82, 2.24) is 14.5 Å². The number of aromatic nitrogens is 3. The Morgan fingerprint density at radius 3 is 2.32 bits per heavy atom. The lowest BCUT2D eigenvalue weighted by Gasteiger charge is -2.35. The number of pyridine rings is 1. The van der Waals surface area contributed by atoms with Gasteiger partial charge in [-0.1, -0.05) is 12.1 Å². The van der Waals surface area contributed by atoms with Crippen LogP contribution in [0.2, 0.25) is 0 Å². The number of benzene rings is 1. The van der Waals surface area contributed by atoms with Gasteiger partial charge in [0.1, 0.15) is 11.1 Å². The molecule has 1 unspecified atom stereocenters. The van der Waals surface area contributed by atoms with Crippen LogP contribution in [0.3, 0.4) is 0 Å². The van der Waals surface area contributed by atoms with Crippen molar-refractivity contribution in [3.8, 4) is 16.9 Å². The summed E-state index contributed by atoms with van der Waals surface area (Å²) in [6.45, 7) is 3.49. The van der Waals surface area contributed by atoms with Gasteiger partial charge in [0, 0.05) is 68.2 Å². The van der Waals surface area contributed by atoms with Gasteiger partial charge in [-0.25, -0.2) is 32.3 Å². The maximum absolute atomic E-state index is 13.7. The summed E-state index contributed by atoms with van der Waals surface area (Å²) in [7, 11) is -4.00. The second kappa shape index (κ2) is 10.3. The van der Waals surface area contributed by atoms with Crippen LogP contribution in [0.15, 0.2) is 42.9 Å². The Bertz CT molecular complexity index is 1540. The highest BCUT2D eigenvalue weighted by molar-refractivity contribution is 7.89. The minimum Gasteiger partial charge on any atom is -0.395 e. The summed E-state index contributed by atoms with van der Waals surface area (Å²) in [6, 6.07) is 9.18. The highest BCUT2D eigenvalue weighted by Gasteiger charge is 2.44. The van der Waals surface area contributed by atoms with E-state index < -0.39 is 27.8 Å². The fraction of sp³-hybridized carbons (Fsp3) is 0.517. The summed E-state index contributed by atoms with van der Waals surface area (Å²) in [5.41, 5.74) is 4.94. The maximum Gasteiger partial charge on any atom is 0.251 e. The predicted molar refractivity (Wildman–Crippen MR) is 154 cm³/mol. The highest BCUT2D eigenvalue weighted by Crippen LogP contribution is 2.54. The number of piperidine rings is 2. The third kappa shape index (κ3) is 5.82. The molecule has 3 aliphatic rings. The fourth-order valence-corrected chi connectivity index (χ4v) is 6.87. The average molecular weight is 587 g/mol. The Morgan fingerprint density at radius 2 is 1.68 bits per heavy atom. The molecular weight excluding hydrogens is 550 g/mol. The molecule has 2 aromatic heterocycles.